The first-order valence-corrected chi connectivity index (χ1v) is 6.63. The third kappa shape index (κ3) is 3.04. The molecule has 0 fully saturated rings. The third-order valence-electron chi connectivity index (χ3n) is 1.89. The van der Waals surface area contributed by atoms with E-state index in [1.54, 1.807) is 18.2 Å². The second-order valence-electron chi connectivity index (χ2n) is 3.10. The first-order chi connectivity index (χ1) is 7.97. The van der Waals surface area contributed by atoms with Gasteiger partial charge < -0.3 is 0 Å². The summed E-state index contributed by atoms with van der Waals surface area (Å²) in [6.45, 7) is 0. The fourth-order valence-electron chi connectivity index (χ4n) is 1.21. The molecule has 0 saturated carbocycles. The molecule has 0 saturated heterocycles. The van der Waals surface area contributed by atoms with Crippen LogP contribution in [0.25, 0.3) is 11.4 Å². The topological polar surface area (TPSA) is 25.8 Å². The largest absolute Gasteiger partial charge is 0.215 e. The van der Waals surface area contributed by atoms with E-state index in [-0.39, 0.29) is 10.3 Å². The maximum Gasteiger partial charge on any atom is 0.162 e. The van der Waals surface area contributed by atoms with Crippen molar-refractivity contribution in [1.29, 1.82) is 0 Å². The highest BCUT2D eigenvalue weighted by atomic mass is 79.9. The van der Waals surface area contributed by atoms with Crippen LogP contribution in [0.5, 0.6) is 0 Å². The van der Waals surface area contributed by atoms with Crippen molar-refractivity contribution in [3.63, 3.8) is 0 Å². The molecule has 0 amide bonds. The molecule has 88 valence electrons. The Kier molecular flexibility index (Phi) is 4.16. The molecule has 7 heteroatoms. The van der Waals surface area contributed by atoms with Crippen molar-refractivity contribution in [2.45, 2.75) is 0 Å². The molecule has 0 N–H and O–H groups in total. The van der Waals surface area contributed by atoms with Gasteiger partial charge in [-0.2, -0.15) is 0 Å². The van der Waals surface area contributed by atoms with Crippen LogP contribution < -0.4 is 0 Å². The summed E-state index contributed by atoms with van der Waals surface area (Å²) in [5.74, 6) is 0.368. The van der Waals surface area contributed by atoms with Gasteiger partial charge in [0.15, 0.2) is 5.82 Å². The second-order valence-corrected chi connectivity index (χ2v) is 5.48. The Balaban J connectivity index is 2.60. The lowest BCUT2D eigenvalue weighted by Crippen LogP contribution is -1.92. The molecule has 0 atom stereocenters. The van der Waals surface area contributed by atoms with Gasteiger partial charge in [0.2, 0.25) is 0 Å². The summed E-state index contributed by atoms with van der Waals surface area (Å²) < 4.78 is 0.456. The van der Waals surface area contributed by atoms with Gasteiger partial charge in [0, 0.05) is 15.6 Å². The minimum atomic E-state index is 0.232. The number of aromatic nitrogens is 2. The van der Waals surface area contributed by atoms with Gasteiger partial charge in [-0.15, -0.1) is 0 Å². The molecule has 2 rings (SSSR count). The molecule has 2 nitrogen and oxygen atoms in total. The fraction of sp³-hybridized carbons (Fsp3) is 0. The number of hydrogen-bond donors (Lipinski definition) is 0. The standard InChI is InChI=1S/C10H3BrCl4N2/c11-7-8(14)16-10(17-9(7)15)4-1-5(12)3-6(13)2-4/h1-3H. The molecule has 1 aromatic carbocycles. The quantitative estimate of drug-likeness (QED) is 0.616. The molecule has 0 bridgehead atoms. The summed E-state index contributed by atoms with van der Waals surface area (Å²) in [6, 6.07) is 4.99. The van der Waals surface area contributed by atoms with E-state index in [0.717, 1.165) is 0 Å². The molecule has 0 radical (unpaired) electrons. The van der Waals surface area contributed by atoms with Gasteiger partial charge in [-0.3, -0.25) is 0 Å². The van der Waals surface area contributed by atoms with Crippen LogP contribution in [-0.4, -0.2) is 9.97 Å². The van der Waals surface area contributed by atoms with E-state index in [4.69, 9.17) is 46.4 Å². The molecule has 0 aliphatic rings. The van der Waals surface area contributed by atoms with Gasteiger partial charge in [0.25, 0.3) is 0 Å². The lowest BCUT2D eigenvalue weighted by atomic mass is 10.2. The Morgan fingerprint density at radius 2 is 1.29 bits per heavy atom. The maximum atomic E-state index is 5.90. The lowest BCUT2D eigenvalue weighted by molar-refractivity contribution is 1.16. The van der Waals surface area contributed by atoms with Gasteiger partial charge in [-0.25, -0.2) is 9.97 Å². The number of halogens is 5. The molecule has 2 aromatic rings. The second kappa shape index (κ2) is 5.29. The van der Waals surface area contributed by atoms with Crippen molar-refractivity contribution < 1.29 is 0 Å². The van der Waals surface area contributed by atoms with Gasteiger partial charge >= 0.3 is 0 Å². The molecule has 0 aliphatic carbocycles. The zero-order valence-corrected chi connectivity index (χ0v) is 12.6. The van der Waals surface area contributed by atoms with Crippen LogP contribution in [0.3, 0.4) is 0 Å². The minimum absolute atomic E-state index is 0.232. The summed E-state index contributed by atoms with van der Waals surface area (Å²) in [7, 11) is 0. The summed E-state index contributed by atoms with van der Waals surface area (Å²) in [5.41, 5.74) is 0.652. The van der Waals surface area contributed by atoms with Crippen LogP contribution in [0.1, 0.15) is 0 Å². The zero-order valence-electron chi connectivity index (χ0n) is 8.02. The average Bonchev–Trinajstić information content (AvgIpc) is 2.23. The van der Waals surface area contributed by atoms with Crippen LogP contribution in [0.4, 0.5) is 0 Å². The van der Waals surface area contributed by atoms with Crippen molar-refractivity contribution in [2.75, 3.05) is 0 Å². The maximum absolute atomic E-state index is 5.90. The van der Waals surface area contributed by atoms with Gasteiger partial charge in [0.05, 0.1) is 4.47 Å². The van der Waals surface area contributed by atoms with Gasteiger partial charge in [0.1, 0.15) is 10.3 Å². The van der Waals surface area contributed by atoms with Gasteiger partial charge in [-0.1, -0.05) is 46.4 Å². The average molecular weight is 373 g/mol. The molecule has 1 heterocycles. The highest BCUT2D eigenvalue weighted by molar-refractivity contribution is 9.10. The molecule has 0 spiro atoms. The predicted octanol–water partition coefficient (Wildman–Crippen LogP) is 5.52. The molecule has 1 aromatic heterocycles. The molecule has 17 heavy (non-hydrogen) atoms. The van der Waals surface area contributed by atoms with E-state index in [0.29, 0.717) is 25.9 Å². The van der Waals surface area contributed by atoms with Gasteiger partial charge in [-0.05, 0) is 34.1 Å². The third-order valence-corrected chi connectivity index (χ3v) is 4.08. The highest BCUT2D eigenvalue weighted by Gasteiger charge is 2.11. The summed E-state index contributed by atoms with van der Waals surface area (Å²) in [5, 5.41) is 1.45. The van der Waals surface area contributed by atoms with Crippen molar-refractivity contribution in [3.8, 4) is 11.4 Å². The number of rotatable bonds is 1. The van der Waals surface area contributed by atoms with E-state index in [9.17, 15) is 0 Å². The number of hydrogen-bond acceptors (Lipinski definition) is 2. The summed E-state index contributed by atoms with van der Waals surface area (Å²) >= 11 is 26.8. The van der Waals surface area contributed by atoms with Crippen LogP contribution in [0.2, 0.25) is 20.4 Å². The zero-order chi connectivity index (χ0) is 12.6. The van der Waals surface area contributed by atoms with Crippen molar-refractivity contribution in [2.24, 2.45) is 0 Å². The minimum Gasteiger partial charge on any atom is -0.215 e. The Hall–Kier alpha value is -0.0600. The Morgan fingerprint density at radius 1 is 0.824 bits per heavy atom. The van der Waals surface area contributed by atoms with Crippen LogP contribution in [0, 0.1) is 0 Å². The Morgan fingerprint density at radius 3 is 1.76 bits per heavy atom. The number of benzene rings is 1. The fourth-order valence-corrected chi connectivity index (χ4v) is 2.30. The number of nitrogens with zero attached hydrogens (tertiary/aromatic N) is 2. The van der Waals surface area contributed by atoms with Crippen molar-refractivity contribution in [1.82, 2.24) is 9.97 Å². The van der Waals surface area contributed by atoms with E-state index in [1.807, 2.05) is 0 Å². The van der Waals surface area contributed by atoms with Crippen molar-refractivity contribution in [3.05, 3.63) is 43.0 Å². The monoisotopic (exact) mass is 370 g/mol. The molecular formula is C10H3BrCl4N2. The van der Waals surface area contributed by atoms with Crippen LogP contribution >= 0.6 is 62.3 Å². The smallest absolute Gasteiger partial charge is 0.162 e. The Bertz CT molecular complexity index is 545. The van der Waals surface area contributed by atoms with E-state index in [1.165, 1.54) is 0 Å². The van der Waals surface area contributed by atoms with Crippen molar-refractivity contribution >= 4 is 62.3 Å². The normalized spacial score (nSPS) is 10.6. The summed E-state index contributed by atoms with van der Waals surface area (Å²) in [4.78, 5) is 8.18. The Labute approximate surface area is 126 Å². The van der Waals surface area contributed by atoms with E-state index in [2.05, 4.69) is 25.9 Å². The molecule has 0 aliphatic heterocycles. The highest BCUT2D eigenvalue weighted by Crippen LogP contribution is 2.31. The van der Waals surface area contributed by atoms with Crippen LogP contribution in [0.15, 0.2) is 22.7 Å². The van der Waals surface area contributed by atoms with Crippen LogP contribution in [-0.2, 0) is 0 Å². The lowest BCUT2D eigenvalue weighted by Gasteiger charge is -2.05. The molecule has 0 unspecified atom stereocenters. The molecular weight excluding hydrogens is 370 g/mol. The SMILES string of the molecule is Clc1cc(Cl)cc(-c2nc(Cl)c(Br)c(Cl)n2)c1. The van der Waals surface area contributed by atoms with E-state index >= 15 is 0 Å². The first-order valence-electron chi connectivity index (χ1n) is 4.32. The summed E-state index contributed by atoms with van der Waals surface area (Å²) in [6.07, 6.45) is 0. The predicted molar refractivity (Wildman–Crippen MR) is 75.2 cm³/mol. The first kappa shape index (κ1) is 13.4. The van der Waals surface area contributed by atoms with E-state index < -0.39 is 0 Å².